The van der Waals surface area contributed by atoms with Crippen LogP contribution < -0.4 is 0 Å². The lowest BCUT2D eigenvalue weighted by Crippen LogP contribution is -1.95. The summed E-state index contributed by atoms with van der Waals surface area (Å²) in [6.45, 7) is 2.05. The van der Waals surface area contributed by atoms with Gasteiger partial charge >= 0.3 is 0 Å². The van der Waals surface area contributed by atoms with Crippen molar-refractivity contribution < 1.29 is 0 Å². The SMILES string of the molecule is Cc1ccc2nccn2c1CCl. The molecule has 3 heteroatoms. The Kier molecular flexibility index (Phi) is 1.77. The molecule has 0 aliphatic heterocycles. The summed E-state index contributed by atoms with van der Waals surface area (Å²) >= 11 is 5.82. The molecule has 0 saturated heterocycles. The number of halogens is 1. The van der Waals surface area contributed by atoms with Crippen molar-refractivity contribution in [3.05, 3.63) is 35.8 Å². The van der Waals surface area contributed by atoms with Crippen LogP contribution in [0.1, 0.15) is 11.3 Å². The van der Waals surface area contributed by atoms with E-state index in [1.807, 2.05) is 22.7 Å². The molecule has 0 spiro atoms. The minimum Gasteiger partial charge on any atom is -0.303 e. The highest BCUT2D eigenvalue weighted by Gasteiger charge is 2.02. The lowest BCUT2D eigenvalue weighted by Gasteiger charge is -2.04. The normalized spacial score (nSPS) is 10.8. The van der Waals surface area contributed by atoms with E-state index in [1.54, 1.807) is 6.20 Å². The van der Waals surface area contributed by atoms with Gasteiger partial charge in [0.25, 0.3) is 0 Å². The van der Waals surface area contributed by atoms with Gasteiger partial charge in [-0.25, -0.2) is 4.98 Å². The molecule has 0 amide bonds. The van der Waals surface area contributed by atoms with Crippen LogP contribution in [0.25, 0.3) is 5.65 Å². The van der Waals surface area contributed by atoms with Crippen molar-refractivity contribution in [3.63, 3.8) is 0 Å². The van der Waals surface area contributed by atoms with Crippen LogP contribution in [-0.2, 0) is 5.88 Å². The van der Waals surface area contributed by atoms with Gasteiger partial charge in [0.15, 0.2) is 0 Å². The molecule has 0 fully saturated rings. The average molecular weight is 181 g/mol. The standard InChI is InChI=1S/C9H9ClN2/c1-7-2-3-9-11-4-5-12(9)8(7)6-10/h2-5H,6H2,1H3. The summed E-state index contributed by atoms with van der Waals surface area (Å²) < 4.78 is 2.02. The Morgan fingerprint density at radius 3 is 3.08 bits per heavy atom. The molecule has 0 aliphatic carbocycles. The third-order valence-corrected chi connectivity index (χ3v) is 2.28. The smallest absolute Gasteiger partial charge is 0.136 e. The third-order valence-electron chi connectivity index (χ3n) is 2.02. The van der Waals surface area contributed by atoms with Gasteiger partial charge in [0.1, 0.15) is 5.65 Å². The highest BCUT2D eigenvalue weighted by Crippen LogP contribution is 2.13. The molecule has 0 atom stereocenters. The number of alkyl halides is 1. The fourth-order valence-electron chi connectivity index (χ4n) is 1.32. The number of fused-ring (bicyclic) bond motifs is 1. The maximum absolute atomic E-state index is 5.82. The number of nitrogens with zero attached hydrogens (tertiary/aromatic N) is 2. The maximum Gasteiger partial charge on any atom is 0.136 e. The Labute approximate surface area is 75.8 Å². The van der Waals surface area contributed by atoms with E-state index in [9.17, 15) is 0 Å². The molecule has 2 aromatic heterocycles. The second kappa shape index (κ2) is 2.79. The van der Waals surface area contributed by atoms with Crippen molar-refractivity contribution in [2.24, 2.45) is 0 Å². The molecule has 12 heavy (non-hydrogen) atoms. The van der Waals surface area contributed by atoms with Gasteiger partial charge in [-0.2, -0.15) is 0 Å². The van der Waals surface area contributed by atoms with Gasteiger partial charge < -0.3 is 4.40 Å². The molecular formula is C9H9ClN2. The third kappa shape index (κ3) is 0.994. The second-order valence-electron chi connectivity index (χ2n) is 2.75. The summed E-state index contributed by atoms with van der Waals surface area (Å²) in [5.41, 5.74) is 3.28. The number of pyridine rings is 1. The minimum absolute atomic E-state index is 0.527. The highest BCUT2D eigenvalue weighted by atomic mass is 35.5. The molecule has 0 saturated carbocycles. The van der Waals surface area contributed by atoms with Crippen LogP contribution in [0.15, 0.2) is 24.5 Å². The summed E-state index contributed by atoms with van der Waals surface area (Å²) in [5, 5.41) is 0. The van der Waals surface area contributed by atoms with E-state index in [-0.39, 0.29) is 0 Å². The van der Waals surface area contributed by atoms with E-state index in [2.05, 4.69) is 11.9 Å². The molecule has 2 aromatic rings. The number of hydrogen-bond acceptors (Lipinski definition) is 1. The lowest BCUT2D eigenvalue weighted by molar-refractivity contribution is 1.04. The van der Waals surface area contributed by atoms with E-state index >= 15 is 0 Å². The zero-order valence-corrected chi connectivity index (χ0v) is 7.54. The number of hydrogen-bond donors (Lipinski definition) is 0. The summed E-state index contributed by atoms with van der Waals surface area (Å²) in [6.07, 6.45) is 3.71. The molecule has 2 heterocycles. The van der Waals surface area contributed by atoms with Crippen molar-refractivity contribution in [3.8, 4) is 0 Å². The Balaban J connectivity index is 2.83. The van der Waals surface area contributed by atoms with E-state index in [1.165, 1.54) is 5.56 Å². The average Bonchev–Trinajstić information content (AvgIpc) is 2.52. The van der Waals surface area contributed by atoms with Crippen LogP contribution in [0.3, 0.4) is 0 Å². The van der Waals surface area contributed by atoms with Crippen LogP contribution in [-0.4, -0.2) is 9.38 Å². The van der Waals surface area contributed by atoms with Crippen LogP contribution in [0.4, 0.5) is 0 Å². The zero-order chi connectivity index (χ0) is 8.55. The Morgan fingerprint density at radius 2 is 2.33 bits per heavy atom. The summed E-state index contributed by atoms with van der Waals surface area (Å²) in [5.74, 6) is 0.527. The summed E-state index contributed by atoms with van der Waals surface area (Å²) in [4.78, 5) is 4.17. The van der Waals surface area contributed by atoms with Crippen molar-refractivity contribution in [1.82, 2.24) is 9.38 Å². The van der Waals surface area contributed by atoms with Gasteiger partial charge in [-0.05, 0) is 18.6 Å². The minimum atomic E-state index is 0.527. The van der Waals surface area contributed by atoms with Crippen LogP contribution >= 0.6 is 11.6 Å². The number of rotatable bonds is 1. The van der Waals surface area contributed by atoms with Gasteiger partial charge in [-0.3, -0.25) is 0 Å². The fourth-order valence-corrected chi connectivity index (χ4v) is 1.66. The summed E-state index contributed by atoms with van der Waals surface area (Å²) in [7, 11) is 0. The number of imidazole rings is 1. The quantitative estimate of drug-likeness (QED) is 0.616. The Hall–Kier alpha value is -1.02. The van der Waals surface area contributed by atoms with Crippen molar-refractivity contribution >= 4 is 17.2 Å². The molecule has 62 valence electrons. The molecule has 0 aromatic carbocycles. The van der Waals surface area contributed by atoms with Gasteiger partial charge in [0.2, 0.25) is 0 Å². The second-order valence-corrected chi connectivity index (χ2v) is 3.02. The number of aryl methyl sites for hydroxylation is 1. The van der Waals surface area contributed by atoms with E-state index in [4.69, 9.17) is 11.6 Å². The Bertz CT molecular complexity index is 406. The van der Waals surface area contributed by atoms with E-state index < -0.39 is 0 Å². The molecule has 0 N–H and O–H groups in total. The lowest BCUT2D eigenvalue weighted by atomic mass is 10.2. The largest absolute Gasteiger partial charge is 0.303 e. The van der Waals surface area contributed by atoms with Gasteiger partial charge in [-0.1, -0.05) is 6.07 Å². The van der Waals surface area contributed by atoms with Crippen molar-refractivity contribution in [2.45, 2.75) is 12.8 Å². The maximum atomic E-state index is 5.82. The van der Waals surface area contributed by atoms with Crippen molar-refractivity contribution in [2.75, 3.05) is 0 Å². The molecule has 0 aliphatic rings. The van der Waals surface area contributed by atoms with Crippen LogP contribution in [0.5, 0.6) is 0 Å². The zero-order valence-electron chi connectivity index (χ0n) is 6.79. The Morgan fingerprint density at radius 1 is 1.50 bits per heavy atom. The highest BCUT2D eigenvalue weighted by molar-refractivity contribution is 6.17. The van der Waals surface area contributed by atoms with Gasteiger partial charge in [-0.15, -0.1) is 11.6 Å². The molecule has 0 radical (unpaired) electrons. The molecular weight excluding hydrogens is 172 g/mol. The van der Waals surface area contributed by atoms with E-state index in [0.29, 0.717) is 5.88 Å². The predicted molar refractivity (Wildman–Crippen MR) is 49.5 cm³/mol. The topological polar surface area (TPSA) is 17.3 Å². The summed E-state index contributed by atoms with van der Waals surface area (Å²) in [6, 6.07) is 4.03. The molecule has 0 unspecified atom stereocenters. The molecule has 2 rings (SSSR count). The molecule has 2 nitrogen and oxygen atoms in total. The first-order chi connectivity index (χ1) is 5.83. The van der Waals surface area contributed by atoms with Crippen LogP contribution in [0, 0.1) is 6.92 Å². The van der Waals surface area contributed by atoms with Crippen molar-refractivity contribution in [1.29, 1.82) is 0 Å². The molecule has 0 bridgehead atoms. The number of aromatic nitrogens is 2. The fraction of sp³-hybridized carbons (Fsp3) is 0.222. The first-order valence-electron chi connectivity index (χ1n) is 3.80. The monoisotopic (exact) mass is 180 g/mol. The van der Waals surface area contributed by atoms with E-state index in [0.717, 1.165) is 11.3 Å². The first-order valence-corrected chi connectivity index (χ1v) is 4.34. The van der Waals surface area contributed by atoms with Gasteiger partial charge in [0.05, 0.1) is 5.88 Å². The van der Waals surface area contributed by atoms with Crippen LogP contribution in [0.2, 0.25) is 0 Å². The first kappa shape index (κ1) is 7.62. The predicted octanol–water partition coefficient (Wildman–Crippen LogP) is 2.38. The van der Waals surface area contributed by atoms with Gasteiger partial charge in [0, 0.05) is 18.1 Å².